The molecule has 11 heteroatoms. The first kappa shape index (κ1) is 26.7. The molecular formula is C24H29F3N4O3S. The van der Waals surface area contributed by atoms with Gasteiger partial charge in [-0.05, 0) is 37.5 Å². The third-order valence-corrected chi connectivity index (χ3v) is 7.17. The highest BCUT2D eigenvalue weighted by Crippen LogP contribution is 2.34. The summed E-state index contributed by atoms with van der Waals surface area (Å²) in [6.07, 6.45) is -3.90. The molecule has 1 amide bonds. The first-order valence-electron chi connectivity index (χ1n) is 11.3. The van der Waals surface area contributed by atoms with E-state index in [1.54, 1.807) is 11.9 Å². The van der Waals surface area contributed by atoms with Crippen molar-refractivity contribution in [2.24, 2.45) is 4.99 Å². The lowest BCUT2D eigenvalue weighted by atomic mass is 10.1. The van der Waals surface area contributed by atoms with Gasteiger partial charge < -0.3 is 10.2 Å². The first-order valence-corrected chi connectivity index (χ1v) is 12.7. The van der Waals surface area contributed by atoms with Crippen molar-refractivity contribution in [3.05, 3.63) is 64.7 Å². The summed E-state index contributed by atoms with van der Waals surface area (Å²) in [7, 11) is -2.71. The molecule has 2 aromatic carbocycles. The van der Waals surface area contributed by atoms with Crippen LogP contribution < -0.4 is 10.0 Å². The molecule has 2 N–H and O–H groups in total. The van der Waals surface area contributed by atoms with E-state index in [0.717, 1.165) is 42.2 Å². The number of nitrogens with one attached hydrogen (secondary N) is 2. The lowest BCUT2D eigenvalue weighted by Gasteiger charge is -2.18. The minimum atomic E-state index is -4.79. The van der Waals surface area contributed by atoms with Crippen LogP contribution in [-0.2, 0) is 27.4 Å². The molecule has 0 aliphatic carbocycles. The molecule has 0 fully saturated rings. The summed E-state index contributed by atoms with van der Waals surface area (Å²) in [5.41, 5.74) is 1.19. The van der Waals surface area contributed by atoms with E-state index in [0.29, 0.717) is 18.5 Å². The predicted octanol–water partition coefficient (Wildman–Crippen LogP) is 3.12. The maximum Gasteiger partial charge on any atom is 0.417 e. The average molecular weight is 511 g/mol. The predicted molar refractivity (Wildman–Crippen MR) is 128 cm³/mol. The van der Waals surface area contributed by atoms with E-state index < -0.39 is 26.7 Å². The van der Waals surface area contributed by atoms with Crippen LogP contribution in [0.25, 0.3) is 0 Å². The molecular weight excluding hydrogens is 481 g/mol. The van der Waals surface area contributed by atoms with Gasteiger partial charge in [0.25, 0.3) is 0 Å². The lowest BCUT2D eigenvalue weighted by Crippen LogP contribution is -2.31. The summed E-state index contributed by atoms with van der Waals surface area (Å²) in [6.45, 7) is 3.41. The number of amides is 1. The fourth-order valence-electron chi connectivity index (χ4n) is 3.66. The largest absolute Gasteiger partial charge is 0.417 e. The van der Waals surface area contributed by atoms with Gasteiger partial charge in [0.2, 0.25) is 15.9 Å². The maximum atomic E-state index is 13.3. The molecule has 0 radical (unpaired) electrons. The SMILES string of the molecule is Cc1ccc(S(=O)(=O)NCCCC(=O)N(C)CCc2ccc(C3=NCCN3)cc2)c(C(F)(F)F)c1. The topological polar surface area (TPSA) is 90.9 Å². The molecule has 1 aliphatic heterocycles. The van der Waals surface area contributed by atoms with Gasteiger partial charge >= 0.3 is 6.18 Å². The summed E-state index contributed by atoms with van der Waals surface area (Å²) >= 11 is 0. The zero-order valence-electron chi connectivity index (χ0n) is 19.7. The van der Waals surface area contributed by atoms with Crippen molar-refractivity contribution in [1.82, 2.24) is 14.9 Å². The summed E-state index contributed by atoms with van der Waals surface area (Å²) < 4.78 is 66.9. The van der Waals surface area contributed by atoms with Crippen molar-refractivity contribution in [3.63, 3.8) is 0 Å². The smallest absolute Gasteiger partial charge is 0.368 e. The summed E-state index contributed by atoms with van der Waals surface area (Å²) in [5, 5.41) is 3.22. The molecule has 3 rings (SSSR count). The summed E-state index contributed by atoms with van der Waals surface area (Å²) in [4.78, 5) is 17.5. The molecule has 0 saturated heterocycles. The van der Waals surface area contributed by atoms with Crippen LogP contribution in [0.4, 0.5) is 13.2 Å². The Morgan fingerprint density at radius 3 is 2.51 bits per heavy atom. The Morgan fingerprint density at radius 1 is 1.17 bits per heavy atom. The third-order valence-electron chi connectivity index (χ3n) is 5.65. The first-order chi connectivity index (χ1) is 16.5. The zero-order valence-corrected chi connectivity index (χ0v) is 20.5. The lowest BCUT2D eigenvalue weighted by molar-refractivity contribution is -0.140. The number of halogens is 3. The molecule has 1 aliphatic rings. The fourth-order valence-corrected chi connectivity index (χ4v) is 4.94. The molecule has 1 heterocycles. The Bertz CT molecular complexity index is 1180. The quantitative estimate of drug-likeness (QED) is 0.481. The van der Waals surface area contributed by atoms with Crippen molar-refractivity contribution in [2.45, 2.75) is 37.3 Å². The fraction of sp³-hybridized carbons (Fsp3) is 0.417. The molecule has 0 bridgehead atoms. The number of benzene rings is 2. The molecule has 7 nitrogen and oxygen atoms in total. The number of nitrogens with zero attached hydrogens (tertiary/aromatic N) is 2. The number of hydrogen-bond donors (Lipinski definition) is 2. The minimum Gasteiger partial charge on any atom is -0.368 e. The van der Waals surface area contributed by atoms with Gasteiger partial charge in [-0.2, -0.15) is 13.2 Å². The molecule has 0 aromatic heterocycles. The van der Waals surface area contributed by atoms with E-state index in [-0.39, 0.29) is 25.3 Å². The van der Waals surface area contributed by atoms with E-state index in [2.05, 4.69) is 15.0 Å². The average Bonchev–Trinajstić information content (AvgIpc) is 3.34. The van der Waals surface area contributed by atoms with Crippen LogP contribution in [0.3, 0.4) is 0 Å². The van der Waals surface area contributed by atoms with Gasteiger partial charge in [-0.15, -0.1) is 0 Å². The molecule has 0 atom stereocenters. The molecule has 0 spiro atoms. The Hall–Kier alpha value is -2.92. The van der Waals surface area contributed by atoms with Crippen molar-refractivity contribution < 1.29 is 26.4 Å². The van der Waals surface area contributed by atoms with E-state index in [1.807, 2.05) is 24.3 Å². The molecule has 0 saturated carbocycles. The Balaban J connectivity index is 1.45. The number of carbonyl (C=O) groups is 1. The summed E-state index contributed by atoms with van der Waals surface area (Å²) in [6, 6.07) is 11.0. The van der Waals surface area contributed by atoms with Crippen LogP contribution in [0.5, 0.6) is 0 Å². The monoisotopic (exact) mass is 510 g/mol. The molecule has 0 unspecified atom stereocenters. The van der Waals surface area contributed by atoms with Gasteiger partial charge in [0.05, 0.1) is 17.0 Å². The number of sulfonamides is 1. The van der Waals surface area contributed by atoms with Crippen LogP contribution in [0.15, 0.2) is 52.4 Å². The maximum absolute atomic E-state index is 13.3. The van der Waals surface area contributed by atoms with Gasteiger partial charge in [-0.25, -0.2) is 13.1 Å². The number of carbonyl (C=O) groups excluding carboxylic acids is 1. The van der Waals surface area contributed by atoms with E-state index in [1.165, 1.54) is 13.0 Å². The number of aliphatic imine (C=N–C) groups is 1. The van der Waals surface area contributed by atoms with Crippen molar-refractivity contribution in [1.29, 1.82) is 0 Å². The minimum absolute atomic E-state index is 0.0729. The van der Waals surface area contributed by atoms with Gasteiger partial charge in [0.15, 0.2) is 0 Å². The second-order valence-corrected chi connectivity index (χ2v) is 10.2. The van der Waals surface area contributed by atoms with E-state index in [4.69, 9.17) is 0 Å². The number of aryl methyl sites for hydroxylation is 1. The van der Waals surface area contributed by atoms with Gasteiger partial charge in [0.1, 0.15) is 5.84 Å². The number of likely N-dealkylation sites (N-methyl/N-ethyl adjacent to an activating group) is 1. The third kappa shape index (κ3) is 7.28. The van der Waals surface area contributed by atoms with Crippen LogP contribution in [0.1, 0.15) is 35.1 Å². The van der Waals surface area contributed by atoms with Crippen LogP contribution in [0, 0.1) is 6.92 Å². The summed E-state index contributed by atoms with van der Waals surface area (Å²) in [5.74, 6) is 0.716. The standard InChI is InChI=1S/C24H29F3N4O3S/c1-17-5-10-21(20(16-17)24(25,26)27)35(33,34)30-12-3-4-22(32)31(2)15-11-18-6-8-19(9-7-18)23-28-13-14-29-23/h5-10,16,30H,3-4,11-15H2,1-2H3,(H,28,29). The van der Waals surface area contributed by atoms with Crippen molar-refractivity contribution >= 4 is 21.8 Å². The van der Waals surface area contributed by atoms with E-state index in [9.17, 15) is 26.4 Å². The number of amidine groups is 1. The second kappa shape index (κ2) is 11.2. The number of hydrogen-bond acceptors (Lipinski definition) is 5. The van der Waals surface area contributed by atoms with E-state index >= 15 is 0 Å². The second-order valence-electron chi connectivity index (χ2n) is 8.42. The van der Waals surface area contributed by atoms with Crippen LogP contribution in [-0.4, -0.2) is 58.3 Å². The van der Waals surface area contributed by atoms with Gasteiger partial charge in [-0.3, -0.25) is 9.79 Å². The van der Waals surface area contributed by atoms with Gasteiger partial charge in [0, 0.05) is 38.7 Å². The Kier molecular flexibility index (Phi) is 8.55. The molecule has 35 heavy (non-hydrogen) atoms. The zero-order chi connectivity index (χ0) is 25.6. The normalized spacial score (nSPS) is 13.9. The number of alkyl halides is 3. The Labute approximate surface area is 203 Å². The molecule has 2 aromatic rings. The van der Waals surface area contributed by atoms with Gasteiger partial charge in [-0.1, -0.05) is 35.9 Å². The van der Waals surface area contributed by atoms with Crippen molar-refractivity contribution in [2.75, 3.05) is 33.2 Å². The molecule has 190 valence electrons. The van der Waals surface area contributed by atoms with Crippen LogP contribution >= 0.6 is 0 Å². The Morgan fingerprint density at radius 2 is 1.89 bits per heavy atom. The van der Waals surface area contributed by atoms with Crippen molar-refractivity contribution in [3.8, 4) is 0 Å². The number of rotatable bonds is 10. The highest BCUT2D eigenvalue weighted by Gasteiger charge is 2.37. The van der Waals surface area contributed by atoms with Crippen LogP contribution in [0.2, 0.25) is 0 Å². The highest BCUT2D eigenvalue weighted by atomic mass is 32.2. The highest BCUT2D eigenvalue weighted by molar-refractivity contribution is 7.89.